The summed E-state index contributed by atoms with van der Waals surface area (Å²) in [4.78, 5) is 0. The fourth-order valence-electron chi connectivity index (χ4n) is 1.44. The third-order valence-corrected chi connectivity index (χ3v) is 2.24. The van der Waals surface area contributed by atoms with Crippen molar-refractivity contribution in [3.05, 3.63) is 0 Å². The quantitative estimate of drug-likeness (QED) is 0.636. The second-order valence-corrected chi connectivity index (χ2v) is 3.32. The van der Waals surface area contributed by atoms with E-state index in [0.29, 0.717) is 12.0 Å². The van der Waals surface area contributed by atoms with Gasteiger partial charge in [0.2, 0.25) is 0 Å². The molecule has 0 heterocycles. The van der Waals surface area contributed by atoms with Gasteiger partial charge in [0, 0.05) is 12.6 Å². The molecule has 2 atom stereocenters. The number of nitrogens with one attached hydrogen (secondary N) is 1. The van der Waals surface area contributed by atoms with Crippen molar-refractivity contribution in [1.82, 2.24) is 5.32 Å². The molecule has 12 heavy (non-hydrogen) atoms. The summed E-state index contributed by atoms with van der Waals surface area (Å²) < 4.78 is 5.38. The molecule has 2 nitrogen and oxygen atoms in total. The third-order valence-electron chi connectivity index (χ3n) is 2.24. The van der Waals surface area contributed by atoms with Gasteiger partial charge in [-0.15, -0.1) is 0 Å². The number of ether oxygens (including phenoxy) is 1. The highest BCUT2D eigenvalue weighted by atomic mass is 16.5. The van der Waals surface area contributed by atoms with Gasteiger partial charge in [-0.2, -0.15) is 0 Å². The van der Waals surface area contributed by atoms with Crippen LogP contribution in [0.1, 0.15) is 33.6 Å². The average Bonchev–Trinajstić information content (AvgIpc) is 2.10. The highest BCUT2D eigenvalue weighted by molar-refractivity contribution is 4.70. The molecule has 0 rings (SSSR count). The van der Waals surface area contributed by atoms with Crippen LogP contribution in [0.4, 0.5) is 0 Å². The SMILES string of the molecule is CCCC(NC)C(C)COCC. The Morgan fingerprint density at radius 1 is 1.33 bits per heavy atom. The normalized spacial score (nSPS) is 16.0. The van der Waals surface area contributed by atoms with Crippen LogP contribution < -0.4 is 5.32 Å². The number of hydrogen-bond donors (Lipinski definition) is 1. The summed E-state index contributed by atoms with van der Waals surface area (Å²) in [5.74, 6) is 0.620. The van der Waals surface area contributed by atoms with Crippen LogP contribution in [0.15, 0.2) is 0 Å². The summed E-state index contributed by atoms with van der Waals surface area (Å²) in [6.45, 7) is 8.21. The van der Waals surface area contributed by atoms with E-state index in [9.17, 15) is 0 Å². The van der Waals surface area contributed by atoms with Crippen molar-refractivity contribution in [2.45, 2.75) is 39.7 Å². The van der Waals surface area contributed by atoms with Crippen molar-refractivity contribution in [3.63, 3.8) is 0 Å². The van der Waals surface area contributed by atoms with E-state index in [1.807, 2.05) is 14.0 Å². The lowest BCUT2D eigenvalue weighted by molar-refractivity contribution is 0.101. The van der Waals surface area contributed by atoms with Gasteiger partial charge < -0.3 is 10.1 Å². The van der Waals surface area contributed by atoms with E-state index in [4.69, 9.17) is 4.74 Å². The molecule has 0 aromatic carbocycles. The summed E-state index contributed by atoms with van der Waals surface area (Å²) in [7, 11) is 2.03. The molecule has 0 saturated heterocycles. The van der Waals surface area contributed by atoms with Gasteiger partial charge >= 0.3 is 0 Å². The Balaban J connectivity index is 3.60. The van der Waals surface area contributed by atoms with E-state index in [1.165, 1.54) is 12.8 Å². The van der Waals surface area contributed by atoms with Gasteiger partial charge in [0.25, 0.3) is 0 Å². The van der Waals surface area contributed by atoms with Crippen molar-refractivity contribution < 1.29 is 4.74 Å². The summed E-state index contributed by atoms with van der Waals surface area (Å²) in [6.07, 6.45) is 2.48. The zero-order valence-electron chi connectivity index (χ0n) is 8.89. The maximum Gasteiger partial charge on any atom is 0.0506 e. The van der Waals surface area contributed by atoms with Crippen LogP contribution in [0, 0.1) is 5.92 Å². The Labute approximate surface area is 76.7 Å². The van der Waals surface area contributed by atoms with Crippen LogP contribution >= 0.6 is 0 Å². The van der Waals surface area contributed by atoms with Crippen molar-refractivity contribution >= 4 is 0 Å². The van der Waals surface area contributed by atoms with E-state index in [-0.39, 0.29) is 0 Å². The summed E-state index contributed by atoms with van der Waals surface area (Å²) in [6, 6.07) is 0.613. The molecule has 0 aliphatic carbocycles. The van der Waals surface area contributed by atoms with Gasteiger partial charge in [-0.05, 0) is 26.3 Å². The van der Waals surface area contributed by atoms with Crippen molar-refractivity contribution in [1.29, 1.82) is 0 Å². The number of hydrogen-bond acceptors (Lipinski definition) is 2. The molecule has 0 aromatic heterocycles. The van der Waals surface area contributed by atoms with E-state index in [0.717, 1.165) is 13.2 Å². The lowest BCUT2D eigenvalue weighted by Crippen LogP contribution is -2.34. The molecule has 0 bridgehead atoms. The Bertz CT molecular complexity index is 95.8. The molecule has 0 aliphatic heterocycles. The molecular formula is C10H23NO. The molecular weight excluding hydrogens is 150 g/mol. The molecule has 0 amide bonds. The van der Waals surface area contributed by atoms with Gasteiger partial charge in [0.15, 0.2) is 0 Å². The first-order chi connectivity index (χ1) is 5.76. The fraction of sp³-hybridized carbons (Fsp3) is 1.00. The Kier molecular flexibility index (Phi) is 7.51. The minimum atomic E-state index is 0.613. The van der Waals surface area contributed by atoms with Crippen LogP contribution in [0.25, 0.3) is 0 Å². The molecule has 0 radical (unpaired) electrons. The molecule has 2 heteroatoms. The minimum Gasteiger partial charge on any atom is -0.381 e. The highest BCUT2D eigenvalue weighted by Gasteiger charge is 2.13. The summed E-state index contributed by atoms with van der Waals surface area (Å²) in [5, 5.41) is 3.33. The van der Waals surface area contributed by atoms with Crippen molar-refractivity contribution in [2.75, 3.05) is 20.3 Å². The highest BCUT2D eigenvalue weighted by Crippen LogP contribution is 2.09. The first-order valence-electron chi connectivity index (χ1n) is 5.01. The first-order valence-corrected chi connectivity index (χ1v) is 5.01. The lowest BCUT2D eigenvalue weighted by Gasteiger charge is -2.22. The zero-order chi connectivity index (χ0) is 9.40. The van der Waals surface area contributed by atoms with Gasteiger partial charge in [0.05, 0.1) is 6.61 Å². The predicted molar refractivity (Wildman–Crippen MR) is 53.4 cm³/mol. The van der Waals surface area contributed by atoms with E-state index in [1.54, 1.807) is 0 Å². The molecule has 0 saturated carbocycles. The Hall–Kier alpha value is -0.0800. The largest absolute Gasteiger partial charge is 0.381 e. The van der Waals surface area contributed by atoms with Crippen LogP contribution in [0.5, 0.6) is 0 Å². The Morgan fingerprint density at radius 3 is 2.42 bits per heavy atom. The van der Waals surface area contributed by atoms with Crippen LogP contribution in [-0.2, 0) is 4.74 Å². The van der Waals surface area contributed by atoms with Gasteiger partial charge in [-0.25, -0.2) is 0 Å². The second-order valence-electron chi connectivity index (χ2n) is 3.32. The monoisotopic (exact) mass is 173 g/mol. The average molecular weight is 173 g/mol. The van der Waals surface area contributed by atoms with Gasteiger partial charge in [-0.1, -0.05) is 20.3 Å². The van der Waals surface area contributed by atoms with E-state index >= 15 is 0 Å². The summed E-state index contributed by atoms with van der Waals surface area (Å²) >= 11 is 0. The van der Waals surface area contributed by atoms with Crippen LogP contribution in [-0.4, -0.2) is 26.3 Å². The third kappa shape index (κ3) is 4.73. The molecule has 2 unspecified atom stereocenters. The summed E-state index contributed by atoms with van der Waals surface area (Å²) in [5.41, 5.74) is 0. The molecule has 0 spiro atoms. The standard InChI is InChI=1S/C10H23NO/c1-5-7-10(11-4)9(3)8-12-6-2/h9-11H,5-8H2,1-4H3. The van der Waals surface area contributed by atoms with Crippen molar-refractivity contribution in [3.8, 4) is 0 Å². The molecule has 0 aromatic rings. The maximum atomic E-state index is 5.38. The molecule has 74 valence electrons. The van der Waals surface area contributed by atoms with Gasteiger partial charge in [-0.3, -0.25) is 0 Å². The van der Waals surface area contributed by atoms with Crippen molar-refractivity contribution in [2.24, 2.45) is 5.92 Å². The smallest absolute Gasteiger partial charge is 0.0506 e. The number of rotatable bonds is 7. The second kappa shape index (κ2) is 7.56. The predicted octanol–water partition coefficient (Wildman–Crippen LogP) is 2.05. The zero-order valence-corrected chi connectivity index (χ0v) is 8.89. The molecule has 0 fully saturated rings. The van der Waals surface area contributed by atoms with Gasteiger partial charge in [0.1, 0.15) is 0 Å². The van der Waals surface area contributed by atoms with Crippen LogP contribution in [0.3, 0.4) is 0 Å². The topological polar surface area (TPSA) is 21.3 Å². The maximum absolute atomic E-state index is 5.38. The molecule has 0 aliphatic rings. The van der Waals surface area contributed by atoms with Crippen LogP contribution in [0.2, 0.25) is 0 Å². The van der Waals surface area contributed by atoms with E-state index < -0.39 is 0 Å². The van der Waals surface area contributed by atoms with E-state index in [2.05, 4.69) is 19.2 Å². The first kappa shape index (κ1) is 11.9. The lowest BCUT2D eigenvalue weighted by atomic mass is 9.99. The minimum absolute atomic E-state index is 0.613. The molecule has 1 N–H and O–H groups in total. The Morgan fingerprint density at radius 2 is 2.00 bits per heavy atom. The fourth-order valence-corrected chi connectivity index (χ4v) is 1.44.